The number of aromatic amines is 1. The van der Waals surface area contributed by atoms with E-state index in [9.17, 15) is 4.79 Å². The van der Waals surface area contributed by atoms with Crippen molar-refractivity contribution in [2.24, 2.45) is 0 Å². The molecule has 25 heavy (non-hydrogen) atoms. The van der Waals surface area contributed by atoms with Crippen LogP contribution in [0.15, 0.2) is 40.3 Å². The zero-order valence-electron chi connectivity index (χ0n) is 13.8. The number of thioether (sulfide) groups is 1. The molecule has 5 nitrogen and oxygen atoms in total. The summed E-state index contributed by atoms with van der Waals surface area (Å²) >= 11 is 7.83. The number of benzene rings is 1. The highest BCUT2D eigenvalue weighted by Crippen LogP contribution is 2.24. The number of H-pyrrole nitrogens is 1. The van der Waals surface area contributed by atoms with Gasteiger partial charge in [-0.15, -0.1) is 0 Å². The summed E-state index contributed by atoms with van der Waals surface area (Å²) in [5.74, 6) is 0. The molecule has 2 aromatic heterocycles. The monoisotopic (exact) mass is 372 g/mol. The average Bonchev–Trinajstić information content (AvgIpc) is 2.62. The summed E-state index contributed by atoms with van der Waals surface area (Å²) in [6.45, 7) is 2.09. The highest BCUT2D eigenvalue weighted by molar-refractivity contribution is 7.98. The normalized spacial score (nSPS) is 14.6. The van der Waals surface area contributed by atoms with Gasteiger partial charge in [0.15, 0.2) is 5.16 Å². The van der Waals surface area contributed by atoms with E-state index in [0.29, 0.717) is 23.4 Å². The summed E-state index contributed by atoms with van der Waals surface area (Å²) in [6.07, 6.45) is 2.68. The largest absolute Gasteiger partial charge is 0.301 e. The Kier molecular flexibility index (Phi) is 4.50. The molecule has 0 radical (unpaired) electrons. The standard InChI is InChI=1S/C18H17ClN4OS/c1-25-18-21-15-6-7-23(10-13(15)17(24)22-18)9-12-8-11-4-2-3-5-14(11)20-16(12)19/h2-5,8H,6-7,9-10H2,1H3,(H,21,22,24). The van der Waals surface area contributed by atoms with Crippen LogP contribution in [0.25, 0.3) is 10.9 Å². The zero-order chi connectivity index (χ0) is 17.4. The maximum atomic E-state index is 12.3. The van der Waals surface area contributed by atoms with E-state index in [1.165, 1.54) is 11.8 Å². The molecule has 0 atom stereocenters. The number of aromatic nitrogens is 3. The Balaban J connectivity index is 1.61. The molecule has 1 N–H and O–H groups in total. The summed E-state index contributed by atoms with van der Waals surface area (Å²) in [7, 11) is 0. The molecule has 0 amide bonds. The van der Waals surface area contributed by atoms with Crippen LogP contribution in [0.5, 0.6) is 0 Å². The molecule has 1 aromatic carbocycles. The number of hydrogen-bond donors (Lipinski definition) is 1. The number of halogens is 1. The van der Waals surface area contributed by atoms with Crippen molar-refractivity contribution in [1.29, 1.82) is 0 Å². The fraction of sp³-hybridized carbons (Fsp3) is 0.278. The Morgan fingerprint density at radius 1 is 1.32 bits per heavy atom. The molecule has 7 heteroatoms. The van der Waals surface area contributed by atoms with Crippen LogP contribution in [0.1, 0.15) is 16.8 Å². The first kappa shape index (κ1) is 16.6. The van der Waals surface area contributed by atoms with Gasteiger partial charge in [0.1, 0.15) is 5.15 Å². The molecule has 0 spiro atoms. The van der Waals surface area contributed by atoms with Crippen molar-refractivity contribution in [3.05, 3.63) is 62.7 Å². The molecular weight excluding hydrogens is 356 g/mol. The molecule has 128 valence electrons. The molecule has 1 aliphatic heterocycles. The van der Waals surface area contributed by atoms with E-state index >= 15 is 0 Å². The Hall–Kier alpha value is -1.89. The van der Waals surface area contributed by atoms with Crippen LogP contribution in [0.4, 0.5) is 0 Å². The van der Waals surface area contributed by atoms with Crippen molar-refractivity contribution in [2.75, 3.05) is 12.8 Å². The predicted molar refractivity (Wildman–Crippen MR) is 101 cm³/mol. The van der Waals surface area contributed by atoms with Crippen LogP contribution in [0.3, 0.4) is 0 Å². The Morgan fingerprint density at radius 3 is 3.00 bits per heavy atom. The van der Waals surface area contributed by atoms with Gasteiger partial charge in [-0.2, -0.15) is 0 Å². The van der Waals surface area contributed by atoms with Gasteiger partial charge in [-0.25, -0.2) is 9.97 Å². The fourth-order valence-electron chi connectivity index (χ4n) is 3.18. The number of pyridine rings is 1. The van der Waals surface area contributed by atoms with Crippen molar-refractivity contribution in [1.82, 2.24) is 19.9 Å². The summed E-state index contributed by atoms with van der Waals surface area (Å²) in [5, 5.41) is 2.27. The highest BCUT2D eigenvalue weighted by atomic mass is 35.5. The lowest BCUT2D eigenvalue weighted by Gasteiger charge is -2.27. The first-order valence-electron chi connectivity index (χ1n) is 8.06. The average molecular weight is 373 g/mol. The molecular formula is C18H17ClN4OS. The second kappa shape index (κ2) is 6.78. The van der Waals surface area contributed by atoms with Gasteiger partial charge in [-0.1, -0.05) is 41.6 Å². The molecule has 4 rings (SSSR count). The van der Waals surface area contributed by atoms with Crippen molar-refractivity contribution in [3.63, 3.8) is 0 Å². The van der Waals surface area contributed by atoms with Gasteiger partial charge in [0.2, 0.25) is 0 Å². The minimum absolute atomic E-state index is 0.0400. The SMILES string of the molecule is CSc1nc2c(c(=O)[nH]1)CN(Cc1cc3ccccc3nc1Cl)CC2. The van der Waals surface area contributed by atoms with Gasteiger partial charge in [0, 0.05) is 37.0 Å². The first-order valence-corrected chi connectivity index (χ1v) is 9.67. The third-order valence-corrected chi connectivity index (χ3v) is 5.37. The maximum absolute atomic E-state index is 12.3. The second-order valence-electron chi connectivity index (χ2n) is 6.09. The van der Waals surface area contributed by atoms with Crippen molar-refractivity contribution in [2.45, 2.75) is 24.7 Å². The second-order valence-corrected chi connectivity index (χ2v) is 7.25. The predicted octanol–water partition coefficient (Wildman–Crippen LogP) is 3.25. The molecule has 0 fully saturated rings. The van der Waals surface area contributed by atoms with Crippen molar-refractivity contribution < 1.29 is 0 Å². The lowest BCUT2D eigenvalue weighted by Crippen LogP contribution is -2.35. The van der Waals surface area contributed by atoms with E-state index in [1.54, 1.807) is 0 Å². The van der Waals surface area contributed by atoms with Gasteiger partial charge in [-0.3, -0.25) is 9.69 Å². The number of hydrogen-bond acceptors (Lipinski definition) is 5. The topological polar surface area (TPSA) is 61.9 Å². The zero-order valence-corrected chi connectivity index (χ0v) is 15.3. The van der Waals surface area contributed by atoms with Crippen LogP contribution < -0.4 is 5.56 Å². The Bertz CT molecular complexity index is 1000. The smallest absolute Gasteiger partial charge is 0.256 e. The molecule has 0 saturated heterocycles. The number of nitrogens with one attached hydrogen (secondary N) is 1. The summed E-state index contributed by atoms with van der Waals surface area (Å²) in [4.78, 5) is 26.4. The number of fused-ring (bicyclic) bond motifs is 2. The molecule has 3 aromatic rings. The van der Waals surface area contributed by atoms with E-state index in [1.807, 2.05) is 30.5 Å². The molecule has 0 aliphatic carbocycles. The molecule has 1 aliphatic rings. The molecule has 0 bridgehead atoms. The Morgan fingerprint density at radius 2 is 2.16 bits per heavy atom. The van der Waals surface area contributed by atoms with Crippen LogP contribution in [0, 0.1) is 0 Å². The highest BCUT2D eigenvalue weighted by Gasteiger charge is 2.22. The van der Waals surface area contributed by atoms with Crippen LogP contribution in [-0.2, 0) is 19.5 Å². The van der Waals surface area contributed by atoms with E-state index < -0.39 is 0 Å². The maximum Gasteiger partial charge on any atom is 0.256 e. The van der Waals surface area contributed by atoms with Gasteiger partial charge in [-0.05, 0) is 18.4 Å². The van der Waals surface area contributed by atoms with Crippen LogP contribution >= 0.6 is 23.4 Å². The van der Waals surface area contributed by atoms with Gasteiger partial charge >= 0.3 is 0 Å². The molecule has 0 saturated carbocycles. The third kappa shape index (κ3) is 3.29. The Labute approximate surface area is 154 Å². The number of para-hydroxylation sites is 1. The summed E-state index contributed by atoms with van der Waals surface area (Å²) < 4.78 is 0. The minimum Gasteiger partial charge on any atom is -0.301 e. The van der Waals surface area contributed by atoms with E-state index in [4.69, 9.17) is 11.6 Å². The summed E-state index contributed by atoms with van der Waals surface area (Å²) in [6, 6.07) is 10.0. The number of rotatable bonds is 3. The van der Waals surface area contributed by atoms with Gasteiger partial charge in [0.05, 0.1) is 16.8 Å². The van der Waals surface area contributed by atoms with Crippen LogP contribution in [0.2, 0.25) is 5.15 Å². The lowest BCUT2D eigenvalue weighted by molar-refractivity contribution is 0.241. The molecule has 0 unspecified atom stereocenters. The minimum atomic E-state index is -0.0400. The van der Waals surface area contributed by atoms with E-state index in [-0.39, 0.29) is 5.56 Å². The van der Waals surface area contributed by atoms with E-state index in [0.717, 1.165) is 40.7 Å². The van der Waals surface area contributed by atoms with E-state index in [2.05, 4.69) is 25.9 Å². The summed E-state index contributed by atoms with van der Waals surface area (Å²) in [5.41, 5.74) is 3.50. The number of nitrogens with zero attached hydrogens (tertiary/aromatic N) is 3. The lowest BCUT2D eigenvalue weighted by atomic mass is 10.1. The van der Waals surface area contributed by atoms with Crippen LogP contribution in [-0.4, -0.2) is 32.7 Å². The van der Waals surface area contributed by atoms with Crippen molar-refractivity contribution in [3.8, 4) is 0 Å². The fourth-order valence-corrected chi connectivity index (χ4v) is 3.78. The van der Waals surface area contributed by atoms with Gasteiger partial charge < -0.3 is 4.98 Å². The first-order chi connectivity index (χ1) is 12.1. The quantitative estimate of drug-likeness (QED) is 0.434. The molecule has 3 heterocycles. The van der Waals surface area contributed by atoms with Crippen molar-refractivity contribution >= 4 is 34.3 Å². The third-order valence-electron chi connectivity index (χ3n) is 4.46. The van der Waals surface area contributed by atoms with Gasteiger partial charge in [0.25, 0.3) is 5.56 Å².